The molecule has 5 heteroatoms. The molecule has 1 aromatic carbocycles. The Labute approximate surface area is 136 Å². The molecule has 1 aromatic rings. The summed E-state index contributed by atoms with van der Waals surface area (Å²) in [6, 6.07) is 5.64. The van der Waals surface area contributed by atoms with Crippen LogP contribution in [0.3, 0.4) is 0 Å². The number of esters is 1. The lowest BCUT2D eigenvalue weighted by Crippen LogP contribution is -2.54. The fraction of sp³-hybridized carbons (Fsp3) is 0.556. The van der Waals surface area contributed by atoms with E-state index in [2.05, 4.69) is 0 Å². The van der Waals surface area contributed by atoms with Crippen molar-refractivity contribution in [2.45, 2.75) is 58.2 Å². The standard InChI is InChI=1S/C18H23NO4/c1-12-8-9-15-14(10-12)19(17(21)18(2,3)23-15)11-16(20)22-13-6-4-5-7-13/h8-10,13H,4-7,11H2,1-3H3. The number of carbonyl (C=O) groups excluding carboxylic acids is 2. The molecule has 0 unspecified atom stereocenters. The molecule has 2 aliphatic rings. The summed E-state index contributed by atoms with van der Waals surface area (Å²) in [5, 5.41) is 0. The van der Waals surface area contributed by atoms with Gasteiger partial charge in [0.05, 0.1) is 5.69 Å². The van der Waals surface area contributed by atoms with Crippen LogP contribution in [0.4, 0.5) is 5.69 Å². The van der Waals surface area contributed by atoms with Crippen LogP contribution in [0.1, 0.15) is 45.1 Å². The molecule has 1 fully saturated rings. The highest BCUT2D eigenvalue weighted by molar-refractivity contribution is 6.05. The SMILES string of the molecule is Cc1ccc2c(c1)N(CC(=O)OC1CCCC1)C(=O)C(C)(C)O2. The molecular weight excluding hydrogens is 294 g/mol. The summed E-state index contributed by atoms with van der Waals surface area (Å²) in [7, 11) is 0. The normalized spacial score (nSPS) is 20.1. The van der Waals surface area contributed by atoms with Gasteiger partial charge in [0.1, 0.15) is 18.4 Å². The largest absolute Gasteiger partial charge is 0.476 e. The van der Waals surface area contributed by atoms with Gasteiger partial charge in [-0.2, -0.15) is 0 Å². The summed E-state index contributed by atoms with van der Waals surface area (Å²) in [6.07, 6.45) is 4.05. The average molecular weight is 317 g/mol. The number of carbonyl (C=O) groups is 2. The Morgan fingerprint density at radius 2 is 2.04 bits per heavy atom. The highest BCUT2D eigenvalue weighted by atomic mass is 16.5. The maximum Gasteiger partial charge on any atom is 0.326 e. The number of anilines is 1. The van der Waals surface area contributed by atoms with Crippen LogP contribution in [0, 0.1) is 6.92 Å². The summed E-state index contributed by atoms with van der Waals surface area (Å²) in [6.45, 7) is 5.30. The van der Waals surface area contributed by atoms with E-state index in [0.29, 0.717) is 11.4 Å². The van der Waals surface area contributed by atoms with Crippen molar-refractivity contribution < 1.29 is 19.1 Å². The Morgan fingerprint density at radius 3 is 2.74 bits per heavy atom. The van der Waals surface area contributed by atoms with Crippen molar-refractivity contribution in [2.75, 3.05) is 11.4 Å². The Bertz CT molecular complexity index is 632. The summed E-state index contributed by atoms with van der Waals surface area (Å²) in [5.41, 5.74) is 0.655. The highest BCUT2D eigenvalue weighted by Crippen LogP contribution is 2.38. The van der Waals surface area contributed by atoms with Crippen molar-refractivity contribution in [3.05, 3.63) is 23.8 Å². The third-order valence-electron chi connectivity index (χ3n) is 4.42. The third kappa shape index (κ3) is 3.19. The van der Waals surface area contributed by atoms with E-state index < -0.39 is 5.60 Å². The zero-order valence-corrected chi connectivity index (χ0v) is 13.9. The summed E-state index contributed by atoms with van der Waals surface area (Å²) in [5.74, 6) is 0.0447. The number of fused-ring (bicyclic) bond motifs is 1. The first-order chi connectivity index (χ1) is 10.9. The van der Waals surface area contributed by atoms with Crippen molar-refractivity contribution in [3.63, 3.8) is 0 Å². The van der Waals surface area contributed by atoms with E-state index in [1.54, 1.807) is 13.8 Å². The van der Waals surface area contributed by atoms with Gasteiger partial charge in [-0.15, -0.1) is 0 Å². The summed E-state index contributed by atoms with van der Waals surface area (Å²) >= 11 is 0. The second kappa shape index (κ2) is 5.87. The minimum atomic E-state index is -0.990. The van der Waals surface area contributed by atoms with E-state index in [1.807, 2.05) is 25.1 Å². The van der Waals surface area contributed by atoms with Gasteiger partial charge in [0, 0.05) is 0 Å². The number of hydrogen-bond donors (Lipinski definition) is 0. The van der Waals surface area contributed by atoms with Gasteiger partial charge in [-0.05, 0) is 64.2 Å². The minimum Gasteiger partial charge on any atom is -0.476 e. The average Bonchev–Trinajstić information content (AvgIpc) is 2.97. The lowest BCUT2D eigenvalue weighted by atomic mass is 10.0. The quantitative estimate of drug-likeness (QED) is 0.804. The highest BCUT2D eigenvalue weighted by Gasteiger charge is 2.42. The topological polar surface area (TPSA) is 55.8 Å². The molecule has 23 heavy (non-hydrogen) atoms. The van der Waals surface area contributed by atoms with E-state index in [4.69, 9.17) is 9.47 Å². The second-order valence-corrected chi connectivity index (χ2v) is 6.87. The lowest BCUT2D eigenvalue weighted by Gasteiger charge is -2.38. The van der Waals surface area contributed by atoms with Gasteiger partial charge in [-0.1, -0.05) is 6.07 Å². The van der Waals surface area contributed by atoms with Gasteiger partial charge in [0.25, 0.3) is 5.91 Å². The van der Waals surface area contributed by atoms with Crippen molar-refractivity contribution in [3.8, 4) is 5.75 Å². The summed E-state index contributed by atoms with van der Waals surface area (Å²) in [4.78, 5) is 26.4. The number of ether oxygens (including phenoxy) is 2. The number of amides is 1. The van der Waals surface area contributed by atoms with Crippen LogP contribution >= 0.6 is 0 Å². The zero-order valence-electron chi connectivity index (χ0n) is 13.9. The maximum absolute atomic E-state index is 12.7. The van der Waals surface area contributed by atoms with Gasteiger partial charge in [-0.25, -0.2) is 0 Å². The van der Waals surface area contributed by atoms with Gasteiger partial charge in [0.15, 0.2) is 5.60 Å². The Morgan fingerprint density at radius 1 is 1.35 bits per heavy atom. The first kappa shape index (κ1) is 15.8. The molecule has 1 aliphatic carbocycles. The predicted molar refractivity (Wildman–Crippen MR) is 86.6 cm³/mol. The van der Waals surface area contributed by atoms with E-state index >= 15 is 0 Å². The number of benzene rings is 1. The van der Waals surface area contributed by atoms with Crippen LogP contribution in [0.5, 0.6) is 5.75 Å². The molecule has 0 N–H and O–H groups in total. The van der Waals surface area contributed by atoms with Gasteiger partial charge in [-0.3, -0.25) is 14.5 Å². The van der Waals surface area contributed by atoms with E-state index in [9.17, 15) is 9.59 Å². The molecule has 0 bridgehead atoms. The van der Waals surface area contributed by atoms with E-state index in [0.717, 1.165) is 31.2 Å². The van der Waals surface area contributed by atoms with Gasteiger partial charge < -0.3 is 9.47 Å². The van der Waals surface area contributed by atoms with E-state index in [-0.39, 0.29) is 24.5 Å². The van der Waals surface area contributed by atoms with Crippen LogP contribution in [0.25, 0.3) is 0 Å². The van der Waals surface area contributed by atoms with Crippen LogP contribution < -0.4 is 9.64 Å². The monoisotopic (exact) mass is 317 g/mol. The maximum atomic E-state index is 12.7. The van der Waals surface area contributed by atoms with Crippen LogP contribution in [-0.2, 0) is 14.3 Å². The Hall–Kier alpha value is -2.04. The van der Waals surface area contributed by atoms with Crippen LogP contribution in [0.2, 0.25) is 0 Å². The molecule has 1 amide bonds. The van der Waals surface area contributed by atoms with Gasteiger partial charge in [0.2, 0.25) is 0 Å². The molecule has 1 saturated carbocycles. The summed E-state index contributed by atoms with van der Waals surface area (Å²) < 4.78 is 11.3. The van der Waals surface area contributed by atoms with E-state index in [1.165, 1.54) is 4.90 Å². The first-order valence-electron chi connectivity index (χ1n) is 8.18. The molecule has 5 nitrogen and oxygen atoms in total. The number of aryl methyl sites for hydroxylation is 1. The smallest absolute Gasteiger partial charge is 0.326 e. The predicted octanol–water partition coefficient (Wildman–Crippen LogP) is 2.98. The number of rotatable bonds is 3. The molecule has 0 spiro atoms. The lowest BCUT2D eigenvalue weighted by molar-refractivity contribution is -0.148. The Balaban J connectivity index is 1.82. The molecule has 1 aliphatic heterocycles. The minimum absolute atomic E-state index is 0.00336. The van der Waals surface area contributed by atoms with Crippen molar-refractivity contribution in [2.24, 2.45) is 0 Å². The second-order valence-electron chi connectivity index (χ2n) is 6.87. The molecule has 3 rings (SSSR count). The molecule has 0 atom stereocenters. The number of nitrogens with zero attached hydrogens (tertiary/aromatic N) is 1. The van der Waals surface area contributed by atoms with Crippen LogP contribution in [0.15, 0.2) is 18.2 Å². The third-order valence-corrected chi connectivity index (χ3v) is 4.42. The first-order valence-corrected chi connectivity index (χ1v) is 8.18. The van der Waals surface area contributed by atoms with Crippen molar-refractivity contribution in [1.82, 2.24) is 0 Å². The molecule has 1 heterocycles. The van der Waals surface area contributed by atoms with Crippen molar-refractivity contribution >= 4 is 17.6 Å². The van der Waals surface area contributed by atoms with Crippen molar-refractivity contribution in [1.29, 1.82) is 0 Å². The molecule has 0 aromatic heterocycles. The molecule has 0 saturated heterocycles. The van der Waals surface area contributed by atoms with Crippen LogP contribution in [-0.4, -0.2) is 30.1 Å². The Kier molecular flexibility index (Phi) is 4.04. The molecule has 124 valence electrons. The fourth-order valence-corrected chi connectivity index (χ4v) is 3.19. The zero-order chi connectivity index (χ0) is 16.6. The van der Waals surface area contributed by atoms with Gasteiger partial charge >= 0.3 is 5.97 Å². The fourth-order valence-electron chi connectivity index (χ4n) is 3.19. The number of hydrogen-bond acceptors (Lipinski definition) is 4. The molecule has 0 radical (unpaired) electrons. The molecular formula is C18H23NO4.